The molecule has 0 aliphatic carbocycles. The zero-order valence-electron chi connectivity index (χ0n) is 11.5. The molecule has 1 radical (unpaired) electrons. The molecular formula is C17H12BO3. The van der Waals surface area contributed by atoms with Crippen LogP contribution in [0, 0.1) is 6.92 Å². The van der Waals surface area contributed by atoms with Crippen LogP contribution in [0.3, 0.4) is 0 Å². The van der Waals surface area contributed by atoms with E-state index in [0.717, 1.165) is 27.1 Å². The summed E-state index contributed by atoms with van der Waals surface area (Å²) in [5, 5.41) is 13.2. The van der Waals surface area contributed by atoms with E-state index in [0.29, 0.717) is 19.0 Å². The van der Waals surface area contributed by atoms with Crippen LogP contribution in [0.1, 0.15) is 5.56 Å². The van der Waals surface area contributed by atoms with Gasteiger partial charge >= 0.3 is 7.69 Å². The van der Waals surface area contributed by atoms with Gasteiger partial charge < -0.3 is 14.1 Å². The molecule has 1 heterocycles. The van der Waals surface area contributed by atoms with Gasteiger partial charge in [0.05, 0.1) is 0 Å². The van der Waals surface area contributed by atoms with Crippen LogP contribution in [-0.4, -0.2) is 12.7 Å². The minimum Gasteiger partial charge on any atom is -0.535 e. The Balaban J connectivity index is 2.26. The van der Waals surface area contributed by atoms with Crippen LogP contribution < -0.4 is 4.65 Å². The molecule has 0 saturated carbocycles. The van der Waals surface area contributed by atoms with E-state index >= 15 is 0 Å². The van der Waals surface area contributed by atoms with Gasteiger partial charge in [0.1, 0.15) is 11.3 Å². The van der Waals surface area contributed by atoms with E-state index in [4.69, 9.17) is 14.1 Å². The van der Waals surface area contributed by atoms with Gasteiger partial charge in [0, 0.05) is 10.8 Å². The lowest BCUT2D eigenvalue weighted by molar-refractivity contribution is 0.451. The van der Waals surface area contributed by atoms with Crippen LogP contribution >= 0.6 is 0 Å². The highest BCUT2D eigenvalue weighted by atomic mass is 16.5. The summed E-state index contributed by atoms with van der Waals surface area (Å²) in [5.41, 5.74) is 2.64. The number of hydrogen-bond donors (Lipinski definition) is 1. The zero-order valence-corrected chi connectivity index (χ0v) is 11.5. The highest BCUT2D eigenvalue weighted by Gasteiger charge is 2.15. The summed E-state index contributed by atoms with van der Waals surface area (Å²) < 4.78 is 11.2. The monoisotopic (exact) mass is 275 g/mol. The van der Waals surface area contributed by atoms with Gasteiger partial charge in [-0.3, -0.25) is 0 Å². The number of hydrogen-bond acceptors (Lipinski definition) is 3. The molecule has 3 aromatic carbocycles. The Morgan fingerprint density at radius 3 is 2.76 bits per heavy atom. The molecule has 0 bridgehead atoms. The Kier molecular flexibility index (Phi) is 2.66. The molecule has 1 aromatic heterocycles. The Morgan fingerprint density at radius 2 is 1.90 bits per heavy atom. The second-order valence-electron chi connectivity index (χ2n) is 5.12. The fourth-order valence-electron chi connectivity index (χ4n) is 2.85. The van der Waals surface area contributed by atoms with Crippen LogP contribution in [0.15, 0.2) is 52.9 Å². The third-order valence-electron chi connectivity index (χ3n) is 3.76. The molecule has 0 aliphatic rings. The van der Waals surface area contributed by atoms with Crippen molar-refractivity contribution in [2.24, 2.45) is 0 Å². The second kappa shape index (κ2) is 4.53. The molecule has 21 heavy (non-hydrogen) atoms. The first kappa shape index (κ1) is 12.3. The van der Waals surface area contributed by atoms with Gasteiger partial charge in [0.2, 0.25) is 0 Å². The Morgan fingerprint density at radius 1 is 1.05 bits per heavy atom. The summed E-state index contributed by atoms with van der Waals surface area (Å²) in [5.74, 6) is 0.514. The molecule has 4 aromatic rings. The van der Waals surface area contributed by atoms with E-state index in [1.807, 2.05) is 36.4 Å². The molecule has 3 nitrogen and oxygen atoms in total. The average molecular weight is 275 g/mol. The van der Waals surface area contributed by atoms with Gasteiger partial charge in [-0.05, 0) is 35.9 Å². The van der Waals surface area contributed by atoms with E-state index < -0.39 is 0 Å². The number of aryl methyl sites for hydroxylation is 1. The lowest BCUT2D eigenvalue weighted by atomic mass is 10.0. The highest BCUT2D eigenvalue weighted by molar-refractivity contribution is 6.23. The average Bonchev–Trinajstić information content (AvgIpc) is 2.87. The Hall–Kier alpha value is -2.46. The van der Waals surface area contributed by atoms with E-state index in [1.54, 1.807) is 0 Å². The van der Waals surface area contributed by atoms with Crippen molar-refractivity contribution < 1.29 is 14.1 Å². The van der Waals surface area contributed by atoms with Crippen molar-refractivity contribution in [1.29, 1.82) is 0 Å². The maximum absolute atomic E-state index is 8.98. The number of rotatable bonds is 2. The van der Waals surface area contributed by atoms with Crippen molar-refractivity contribution in [2.45, 2.75) is 6.92 Å². The van der Waals surface area contributed by atoms with E-state index in [-0.39, 0.29) is 0 Å². The minimum atomic E-state index is 0.514. The Labute approximate surface area is 122 Å². The van der Waals surface area contributed by atoms with Crippen molar-refractivity contribution in [2.75, 3.05) is 0 Å². The molecule has 4 heteroatoms. The van der Waals surface area contributed by atoms with E-state index in [9.17, 15) is 0 Å². The molecule has 0 spiro atoms. The topological polar surface area (TPSA) is 42.6 Å². The van der Waals surface area contributed by atoms with Gasteiger partial charge in [0.25, 0.3) is 0 Å². The van der Waals surface area contributed by atoms with E-state index in [1.165, 1.54) is 5.56 Å². The normalized spacial score (nSPS) is 11.3. The summed E-state index contributed by atoms with van der Waals surface area (Å²) in [4.78, 5) is 0. The fourth-order valence-corrected chi connectivity index (χ4v) is 2.85. The van der Waals surface area contributed by atoms with Crippen molar-refractivity contribution in [3.05, 3.63) is 54.1 Å². The van der Waals surface area contributed by atoms with Crippen molar-refractivity contribution in [3.63, 3.8) is 0 Å². The minimum absolute atomic E-state index is 0.514. The van der Waals surface area contributed by atoms with Gasteiger partial charge in [-0.1, -0.05) is 35.9 Å². The molecule has 0 aliphatic heterocycles. The van der Waals surface area contributed by atoms with Crippen molar-refractivity contribution in [1.82, 2.24) is 0 Å². The molecule has 0 saturated heterocycles. The van der Waals surface area contributed by atoms with Crippen molar-refractivity contribution in [3.8, 4) is 5.75 Å². The summed E-state index contributed by atoms with van der Waals surface area (Å²) in [6.45, 7) is 2.06. The summed E-state index contributed by atoms with van der Waals surface area (Å²) >= 11 is 0. The van der Waals surface area contributed by atoms with Crippen LogP contribution in [-0.2, 0) is 0 Å². The molecule has 0 amide bonds. The number of fused-ring (bicyclic) bond motifs is 5. The first-order valence-corrected chi connectivity index (χ1v) is 6.75. The summed E-state index contributed by atoms with van der Waals surface area (Å²) in [6, 6.07) is 16.1. The fraction of sp³-hybridized carbons (Fsp3) is 0.0588. The number of benzene rings is 3. The maximum Gasteiger partial charge on any atom is 0.569 e. The molecule has 1 N–H and O–H groups in total. The predicted octanol–water partition coefficient (Wildman–Crippen LogP) is 3.95. The van der Waals surface area contributed by atoms with Crippen LogP contribution in [0.4, 0.5) is 0 Å². The zero-order chi connectivity index (χ0) is 14.4. The van der Waals surface area contributed by atoms with E-state index in [2.05, 4.69) is 19.1 Å². The third kappa shape index (κ3) is 1.80. The maximum atomic E-state index is 8.98. The van der Waals surface area contributed by atoms with Gasteiger partial charge in [-0.15, -0.1) is 0 Å². The largest absolute Gasteiger partial charge is 0.569 e. The van der Waals surface area contributed by atoms with Gasteiger partial charge in [0.15, 0.2) is 5.58 Å². The summed E-state index contributed by atoms with van der Waals surface area (Å²) in [7, 11) is 0.683. The Bertz CT molecular complexity index is 972. The molecular weight excluding hydrogens is 263 g/mol. The van der Waals surface area contributed by atoms with Crippen LogP contribution in [0.5, 0.6) is 5.75 Å². The van der Waals surface area contributed by atoms with Crippen LogP contribution in [0.25, 0.3) is 32.7 Å². The SMILES string of the molecule is Cc1ccc2oc3c(O[B]O)cc4ccccc4c3c2c1. The number of furan rings is 1. The lowest BCUT2D eigenvalue weighted by Crippen LogP contribution is -1.99. The molecule has 0 atom stereocenters. The second-order valence-corrected chi connectivity index (χ2v) is 5.12. The van der Waals surface area contributed by atoms with Crippen LogP contribution in [0.2, 0.25) is 0 Å². The molecule has 101 valence electrons. The lowest BCUT2D eigenvalue weighted by Gasteiger charge is -2.06. The van der Waals surface area contributed by atoms with Gasteiger partial charge in [-0.25, -0.2) is 0 Å². The van der Waals surface area contributed by atoms with Crippen molar-refractivity contribution >= 4 is 40.4 Å². The third-order valence-corrected chi connectivity index (χ3v) is 3.76. The standard InChI is InChI=1S/C17H12BO3/c1-10-6-7-14-13(8-10)16-12-5-3-2-4-11(12)9-15(21-18-19)17(16)20-14/h2-9,19H,1H3. The molecule has 4 rings (SSSR count). The smallest absolute Gasteiger partial charge is 0.535 e. The molecule has 0 unspecified atom stereocenters. The highest BCUT2D eigenvalue weighted by Crippen LogP contribution is 2.40. The van der Waals surface area contributed by atoms with Gasteiger partial charge in [-0.2, -0.15) is 0 Å². The first-order chi connectivity index (χ1) is 10.3. The summed E-state index contributed by atoms with van der Waals surface area (Å²) in [6.07, 6.45) is 0. The quantitative estimate of drug-likeness (QED) is 0.563. The molecule has 0 fully saturated rings. The predicted molar refractivity (Wildman–Crippen MR) is 84.6 cm³/mol. The first-order valence-electron chi connectivity index (χ1n) is 6.75.